The topological polar surface area (TPSA) is 41.3 Å². The molecule has 2 heterocycles. The van der Waals surface area contributed by atoms with E-state index in [4.69, 9.17) is 0 Å². The highest BCUT2D eigenvalue weighted by molar-refractivity contribution is 5.03. The molecule has 0 amide bonds. The van der Waals surface area contributed by atoms with Gasteiger partial charge in [-0.2, -0.15) is 5.10 Å². The molecule has 0 saturated carbocycles. The zero-order chi connectivity index (χ0) is 14.5. The predicted octanol–water partition coefficient (Wildman–Crippen LogP) is 2.52. The molecule has 0 bridgehead atoms. The van der Waals surface area contributed by atoms with Crippen molar-refractivity contribution in [2.24, 2.45) is 11.8 Å². The van der Waals surface area contributed by atoms with Gasteiger partial charge in [0.2, 0.25) is 0 Å². The van der Waals surface area contributed by atoms with Crippen molar-refractivity contribution in [3.63, 3.8) is 0 Å². The van der Waals surface area contributed by atoms with Crippen molar-refractivity contribution < 1.29 is 5.11 Å². The summed E-state index contributed by atoms with van der Waals surface area (Å²) in [7, 11) is 0. The van der Waals surface area contributed by atoms with Gasteiger partial charge in [-0.1, -0.05) is 13.8 Å². The Bertz CT molecular complexity index is 394. The number of aliphatic hydroxyl groups is 1. The fourth-order valence-corrected chi connectivity index (χ4v) is 3.09. The van der Waals surface area contributed by atoms with E-state index in [9.17, 15) is 5.11 Å². The Kier molecular flexibility index (Phi) is 5.61. The van der Waals surface area contributed by atoms with E-state index in [0.717, 1.165) is 45.4 Å². The van der Waals surface area contributed by atoms with Gasteiger partial charge < -0.3 is 5.11 Å². The molecule has 0 spiro atoms. The summed E-state index contributed by atoms with van der Waals surface area (Å²) in [6.45, 7) is 10.6. The molecule has 1 atom stereocenters. The first-order valence-corrected chi connectivity index (χ1v) is 8.00. The van der Waals surface area contributed by atoms with Crippen LogP contribution in [-0.4, -0.2) is 39.0 Å². The van der Waals surface area contributed by atoms with Crippen molar-refractivity contribution in [3.8, 4) is 0 Å². The van der Waals surface area contributed by atoms with E-state index in [-0.39, 0.29) is 6.10 Å². The first-order valence-electron chi connectivity index (χ1n) is 8.00. The molecular weight excluding hydrogens is 250 g/mol. The van der Waals surface area contributed by atoms with Crippen molar-refractivity contribution in [2.75, 3.05) is 13.1 Å². The van der Waals surface area contributed by atoms with Crippen LogP contribution in [0.1, 0.15) is 45.6 Å². The Labute approximate surface area is 122 Å². The lowest BCUT2D eigenvalue weighted by Gasteiger charge is -2.34. The molecule has 1 aromatic rings. The predicted molar refractivity (Wildman–Crippen MR) is 81.4 cm³/mol. The van der Waals surface area contributed by atoms with Crippen LogP contribution in [0.5, 0.6) is 0 Å². The van der Waals surface area contributed by atoms with Crippen molar-refractivity contribution in [2.45, 2.75) is 59.2 Å². The van der Waals surface area contributed by atoms with Gasteiger partial charge in [0.15, 0.2) is 0 Å². The number of hydrogen-bond donors (Lipinski definition) is 1. The van der Waals surface area contributed by atoms with Gasteiger partial charge in [-0.15, -0.1) is 0 Å². The standard InChI is InChI=1S/C16H29N3O/c1-4-19-12-14(10-17-19)11-18-7-5-15(6-8-18)16(20)9-13(2)3/h10,12-13,15-16,20H,4-9,11H2,1-3H3. The summed E-state index contributed by atoms with van der Waals surface area (Å²) in [6, 6.07) is 0. The average molecular weight is 279 g/mol. The largest absolute Gasteiger partial charge is 0.393 e. The molecule has 4 heteroatoms. The maximum atomic E-state index is 10.2. The van der Waals surface area contributed by atoms with Crippen LogP contribution in [0, 0.1) is 11.8 Å². The van der Waals surface area contributed by atoms with Crippen LogP contribution >= 0.6 is 0 Å². The average Bonchev–Trinajstić information content (AvgIpc) is 2.86. The van der Waals surface area contributed by atoms with Gasteiger partial charge in [-0.05, 0) is 51.1 Å². The molecule has 0 radical (unpaired) electrons. The second-order valence-corrected chi connectivity index (χ2v) is 6.51. The van der Waals surface area contributed by atoms with Gasteiger partial charge in [-0.3, -0.25) is 9.58 Å². The van der Waals surface area contributed by atoms with Gasteiger partial charge in [-0.25, -0.2) is 0 Å². The normalized spacial score (nSPS) is 19.6. The van der Waals surface area contributed by atoms with E-state index in [0.29, 0.717) is 11.8 Å². The Balaban J connectivity index is 1.76. The third-order valence-electron chi connectivity index (χ3n) is 4.31. The van der Waals surface area contributed by atoms with E-state index in [2.05, 4.69) is 37.0 Å². The monoisotopic (exact) mass is 279 g/mol. The number of aromatic nitrogens is 2. The second-order valence-electron chi connectivity index (χ2n) is 6.51. The number of aryl methyl sites for hydroxylation is 1. The number of likely N-dealkylation sites (tertiary alicyclic amines) is 1. The van der Waals surface area contributed by atoms with Gasteiger partial charge >= 0.3 is 0 Å². The number of rotatable bonds is 6. The molecule has 1 unspecified atom stereocenters. The molecule has 0 aliphatic carbocycles. The number of aliphatic hydroxyl groups excluding tert-OH is 1. The fraction of sp³-hybridized carbons (Fsp3) is 0.812. The summed E-state index contributed by atoms with van der Waals surface area (Å²) >= 11 is 0. The van der Waals surface area contributed by atoms with Gasteiger partial charge in [0, 0.05) is 24.8 Å². The molecule has 1 fully saturated rings. The molecule has 1 saturated heterocycles. The summed E-state index contributed by atoms with van der Waals surface area (Å²) in [5, 5.41) is 14.5. The Hall–Kier alpha value is -0.870. The first kappa shape index (κ1) is 15.5. The number of piperidine rings is 1. The third-order valence-corrected chi connectivity index (χ3v) is 4.31. The van der Waals surface area contributed by atoms with E-state index in [1.54, 1.807) is 0 Å². The zero-order valence-electron chi connectivity index (χ0n) is 13.1. The van der Waals surface area contributed by atoms with Crippen LogP contribution in [0.2, 0.25) is 0 Å². The third kappa shape index (κ3) is 4.32. The van der Waals surface area contributed by atoms with Gasteiger partial charge in [0.1, 0.15) is 0 Å². The second kappa shape index (κ2) is 7.23. The maximum Gasteiger partial charge on any atom is 0.0571 e. The molecular formula is C16H29N3O. The summed E-state index contributed by atoms with van der Waals surface area (Å²) in [5.74, 6) is 1.08. The van der Waals surface area contributed by atoms with E-state index in [1.165, 1.54) is 5.56 Å². The van der Waals surface area contributed by atoms with Crippen molar-refractivity contribution >= 4 is 0 Å². The Morgan fingerprint density at radius 2 is 2.05 bits per heavy atom. The number of hydrogen-bond acceptors (Lipinski definition) is 3. The molecule has 1 N–H and O–H groups in total. The van der Waals surface area contributed by atoms with Crippen molar-refractivity contribution in [1.29, 1.82) is 0 Å². The summed E-state index contributed by atoms with van der Waals surface area (Å²) in [6.07, 6.45) is 7.18. The number of nitrogens with zero attached hydrogens (tertiary/aromatic N) is 3. The molecule has 4 nitrogen and oxygen atoms in total. The lowest BCUT2D eigenvalue weighted by Crippen LogP contribution is -2.37. The highest BCUT2D eigenvalue weighted by Crippen LogP contribution is 2.25. The minimum absolute atomic E-state index is 0.111. The quantitative estimate of drug-likeness (QED) is 0.870. The van der Waals surface area contributed by atoms with Crippen LogP contribution in [0.15, 0.2) is 12.4 Å². The molecule has 1 aromatic heterocycles. The highest BCUT2D eigenvalue weighted by Gasteiger charge is 2.25. The molecule has 2 rings (SSSR count). The SMILES string of the molecule is CCn1cc(CN2CCC(C(O)CC(C)C)CC2)cn1. The molecule has 114 valence electrons. The van der Waals surface area contributed by atoms with Crippen LogP contribution in [-0.2, 0) is 13.1 Å². The summed E-state index contributed by atoms with van der Waals surface area (Å²) < 4.78 is 1.98. The van der Waals surface area contributed by atoms with E-state index >= 15 is 0 Å². The molecule has 20 heavy (non-hydrogen) atoms. The minimum atomic E-state index is -0.111. The Morgan fingerprint density at radius 1 is 1.35 bits per heavy atom. The van der Waals surface area contributed by atoms with E-state index in [1.807, 2.05) is 10.9 Å². The van der Waals surface area contributed by atoms with Gasteiger partial charge in [0.25, 0.3) is 0 Å². The van der Waals surface area contributed by atoms with E-state index < -0.39 is 0 Å². The molecule has 0 aromatic carbocycles. The lowest BCUT2D eigenvalue weighted by atomic mass is 9.87. The first-order chi connectivity index (χ1) is 9.58. The smallest absolute Gasteiger partial charge is 0.0571 e. The Morgan fingerprint density at radius 3 is 2.60 bits per heavy atom. The summed E-state index contributed by atoms with van der Waals surface area (Å²) in [4.78, 5) is 2.48. The van der Waals surface area contributed by atoms with Crippen LogP contribution < -0.4 is 0 Å². The highest BCUT2D eigenvalue weighted by atomic mass is 16.3. The lowest BCUT2D eigenvalue weighted by molar-refractivity contribution is 0.0436. The minimum Gasteiger partial charge on any atom is -0.393 e. The van der Waals surface area contributed by atoms with Gasteiger partial charge in [0.05, 0.1) is 12.3 Å². The fourth-order valence-electron chi connectivity index (χ4n) is 3.09. The molecule has 1 aliphatic rings. The molecule has 1 aliphatic heterocycles. The van der Waals surface area contributed by atoms with Crippen LogP contribution in [0.25, 0.3) is 0 Å². The zero-order valence-corrected chi connectivity index (χ0v) is 13.1. The van der Waals surface area contributed by atoms with Crippen molar-refractivity contribution in [1.82, 2.24) is 14.7 Å². The van der Waals surface area contributed by atoms with Crippen LogP contribution in [0.3, 0.4) is 0 Å². The maximum absolute atomic E-state index is 10.2. The summed E-state index contributed by atoms with van der Waals surface area (Å²) in [5.41, 5.74) is 1.30. The van der Waals surface area contributed by atoms with Crippen molar-refractivity contribution in [3.05, 3.63) is 18.0 Å². The van der Waals surface area contributed by atoms with Crippen LogP contribution in [0.4, 0.5) is 0 Å².